The van der Waals surface area contributed by atoms with E-state index >= 15 is 0 Å². The van der Waals surface area contributed by atoms with Gasteiger partial charge in [0.25, 0.3) is 0 Å². The van der Waals surface area contributed by atoms with Gasteiger partial charge in [0.2, 0.25) is 5.91 Å². The van der Waals surface area contributed by atoms with Gasteiger partial charge in [-0.3, -0.25) is 4.79 Å². The van der Waals surface area contributed by atoms with Crippen LogP contribution in [0.2, 0.25) is 0 Å². The van der Waals surface area contributed by atoms with E-state index < -0.39 is 0 Å². The third-order valence-electron chi connectivity index (χ3n) is 2.47. The summed E-state index contributed by atoms with van der Waals surface area (Å²) in [4.78, 5) is 11.5. The lowest BCUT2D eigenvalue weighted by Gasteiger charge is -2.13. The molecule has 0 heterocycles. The fourth-order valence-electron chi connectivity index (χ4n) is 1.63. The van der Waals surface area contributed by atoms with Crippen molar-refractivity contribution in [1.29, 1.82) is 0 Å². The van der Waals surface area contributed by atoms with Crippen LogP contribution in [0.4, 0.5) is 0 Å². The Labute approximate surface area is 123 Å². The molecule has 3 N–H and O–H groups in total. The van der Waals surface area contributed by atoms with Crippen molar-refractivity contribution in [3.05, 3.63) is 34.3 Å². The predicted molar refractivity (Wildman–Crippen MR) is 81.0 cm³/mol. The SMILES string of the molecule is CC(Cc1ccc(Br)cc1)NC(=O)CCCN.Cl. The smallest absolute Gasteiger partial charge is 0.220 e. The van der Waals surface area contributed by atoms with Crippen LogP contribution in [-0.4, -0.2) is 18.5 Å². The lowest BCUT2D eigenvalue weighted by molar-refractivity contribution is -0.121. The van der Waals surface area contributed by atoms with Gasteiger partial charge < -0.3 is 11.1 Å². The highest BCUT2D eigenvalue weighted by molar-refractivity contribution is 9.10. The van der Waals surface area contributed by atoms with E-state index in [9.17, 15) is 4.79 Å². The monoisotopic (exact) mass is 334 g/mol. The molecule has 0 bridgehead atoms. The Morgan fingerprint density at radius 3 is 2.56 bits per heavy atom. The first kappa shape index (κ1) is 17.4. The number of benzene rings is 1. The van der Waals surface area contributed by atoms with E-state index in [0.717, 1.165) is 17.3 Å². The number of rotatable bonds is 6. The van der Waals surface area contributed by atoms with Crippen LogP contribution in [0.5, 0.6) is 0 Å². The molecule has 3 nitrogen and oxygen atoms in total. The molecule has 0 aliphatic rings. The first-order valence-corrected chi connectivity index (χ1v) is 6.65. The Morgan fingerprint density at radius 2 is 2.00 bits per heavy atom. The van der Waals surface area contributed by atoms with Crippen molar-refractivity contribution < 1.29 is 4.79 Å². The van der Waals surface area contributed by atoms with Crippen LogP contribution >= 0.6 is 28.3 Å². The highest BCUT2D eigenvalue weighted by Gasteiger charge is 2.07. The van der Waals surface area contributed by atoms with Gasteiger partial charge in [0.1, 0.15) is 0 Å². The van der Waals surface area contributed by atoms with Crippen LogP contribution < -0.4 is 11.1 Å². The number of hydrogen-bond donors (Lipinski definition) is 2. The second-order valence-electron chi connectivity index (χ2n) is 4.19. The van der Waals surface area contributed by atoms with Gasteiger partial charge in [0, 0.05) is 16.9 Å². The van der Waals surface area contributed by atoms with Crippen LogP contribution in [0.25, 0.3) is 0 Å². The summed E-state index contributed by atoms with van der Waals surface area (Å²) < 4.78 is 1.07. The molecule has 102 valence electrons. The van der Waals surface area contributed by atoms with Gasteiger partial charge >= 0.3 is 0 Å². The van der Waals surface area contributed by atoms with E-state index in [1.54, 1.807) is 0 Å². The first-order chi connectivity index (χ1) is 8.11. The lowest BCUT2D eigenvalue weighted by atomic mass is 10.1. The Hall–Kier alpha value is -0.580. The van der Waals surface area contributed by atoms with Crippen LogP contribution in [0.3, 0.4) is 0 Å². The van der Waals surface area contributed by atoms with Crippen molar-refractivity contribution in [1.82, 2.24) is 5.32 Å². The molecule has 1 amide bonds. The minimum Gasteiger partial charge on any atom is -0.353 e. The number of carbonyl (C=O) groups is 1. The number of carbonyl (C=O) groups excluding carboxylic acids is 1. The topological polar surface area (TPSA) is 55.1 Å². The molecule has 0 spiro atoms. The van der Waals surface area contributed by atoms with Crippen molar-refractivity contribution in [2.45, 2.75) is 32.2 Å². The fourth-order valence-corrected chi connectivity index (χ4v) is 1.90. The van der Waals surface area contributed by atoms with Gasteiger partial charge in [-0.05, 0) is 44.0 Å². The average Bonchev–Trinajstić information content (AvgIpc) is 2.29. The first-order valence-electron chi connectivity index (χ1n) is 5.85. The molecular weight excluding hydrogens is 316 g/mol. The summed E-state index contributed by atoms with van der Waals surface area (Å²) in [7, 11) is 0. The van der Waals surface area contributed by atoms with Crippen molar-refractivity contribution >= 4 is 34.2 Å². The zero-order valence-corrected chi connectivity index (χ0v) is 12.9. The van der Waals surface area contributed by atoms with Crippen molar-refractivity contribution in [3.63, 3.8) is 0 Å². The van der Waals surface area contributed by atoms with Gasteiger partial charge in [0.15, 0.2) is 0 Å². The molecular formula is C13H20BrClN2O. The maximum absolute atomic E-state index is 11.5. The lowest BCUT2D eigenvalue weighted by Crippen LogP contribution is -2.34. The molecule has 0 aromatic heterocycles. The summed E-state index contributed by atoms with van der Waals surface area (Å²) in [5, 5.41) is 2.97. The van der Waals surface area contributed by atoms with Crippen molar-refractivity contribution in [2.75, 3.05) is 6.54 Å². The maximum Gasteiger partial charge on any atom is 0.220 e. The summed E-state index contributed by atoms with van der Waals surface area (Å²) in [6.45, 7) is 2.58. The fraction of sp³-hybridized carbons (Fsp3) is 0.462. The molecule has 18 heavy (non-hydrogen) atoms. The second kappa shape index (κ2) is 9.36. The zero-order valence-electron chi connectivity index (χ0n) is 10.5. The second-order valence-corrected chi connectivity index (χ2v) is 5.11. The molecule has 1 aromatic carbocycles. The summed E-state index contributed by atoms with van der Waals surface area (Å²) in [6, 6.07) is 8.30. The summed E-state index contributed by atoms with van der Waals surface area (Å²) in [5.41, 5.74) is 6.58. The Kier molecular flexibility index (Phi) is 9.06. The van der Waals surface area contributed by atoms with E-state index in [1.165, 1.54) is 5.56 Å². The zero-order chi connectivity index (χ0) is 12.7. The molecule has 1 unspecified atom stereocenters. The third kappa shape index (κ3) is 6.99. The van der Waals surface area contributed by atoms with E-state index in [-0.39, 0.29) is 24.4 Å². The van der Waals surface area contributed by atoms with Gasteiger partial charge in [-0.1, -0.05) is 28.1 Å². The van der Waals surface area contributed by atoms with E-state index in [0.29, 0.717) is 13.0 Å². The summed E-state index contributed by atoms with van der Waals surface area (Å²) in [6.07, 6.45) is 2.11. The largest absolute Gasteiger partial charge is 0.353 e. The highest BCUT2D eigenvalue weighted by atomic mass is 79.9. The Balaban J connectivity index is 0.00000289. The van der Waals surface area contributed by atoms with Crippen molar-refractivity contribution in [2.24, 2.45) is 5.73 Å². The highest BCUT2D eigenvalue weighted by Crippen LogP contribution is 2.11. The average molecular weight is 336 g/mol. The predicted octanol–water partition coefficient (Wildman–Crippen LogP) is 2.66. The maximum atomic E-state index is 11.5. The molecule has 1 rings (SSSR count). The number of nitrogens with two attached hydrogens (primary N) is 1. The summed E-state index contributed by atoms with van der Waals surface area (Å²) >= 11 is 3.40. The number of hydrogen-bond acceptors (Lipinski definition) is 2. The standard InChI is InChI=1S/C13H19BrN2O.ClH/c1-10(16-13(17)3-2-8-15)9-11-4-6-12(14)7-5-11;/h4-7,10H,2-3,8-9,15H2,1H3,(H,16,17);1H. The Morgan fingerprint density at radius 1 is 1.39 bits per heavy atom. The molecule has 0 aliphatic carbocycles. The quantitative estimate of drug-likeness (QED) is 0.840. The normalized spacial score (nSPS) is 11.5. The van der Waals surface area contributed by atoms with Crippen LogP contribution in [0.15, 0.2) is 28.7 Å². The Bertz CT molecular complexity index is 357. The van der Waals surface area contributed by atoms with Crippen LogP contribution in [0.1, 0.15) is 25.3 Å². The molecule has 0 aliphatic heterocycles. The van der Waals surface area contributed by atoms with Crippen LogP contribution in [0, 0.1) is 0 Å². The number of amides is 1. The van der Waals surface area contributed by atoms with E-state index in [1.807, 2.05) is 19.1 Å². The summed E-state index contributed by atoms with van der Waals surface area (Å²) in [5.74, 6) is 0.0834. The van der Waals surface area contributed by atoms with Gasteiger partial charge in [0.05, 0.1) is 0 Å². The van der Waals surface area contributed by atoms with E-state index in [2.05, 4.69) is 33.4 Å². The van der Waals surface area contributed by atoms with Gasteiger partial charge in [-0.2, -0.15) is 0 Å². The van der Waals surface area contributed by atoms with Crippen molar-refractivity contribution in [3.8, 4) is 0 Å². The third-order valence-corrected chi connectivity index (χ3v) is 3.00. The van der Waals surface area contributed by atoms with E-state index in [4.69, 9.17) is 5.73 Å². The molecule has 1 atom stereocenters. The molecule has 0 radical (unpaired) electrons. The minimum atomic E-state index is 0. The number of halogens is 2. The molecule has 0 saturated carbocycles. The number of nitrogens with one attached hydrogen (secondary N) is 1. The van der Waals surface area contributed by atoms with Crippen LogP contribution in [-0.2, 0) is 11.2 Å². The molecule has 0 saturated heterocycles. The molecule has 0 fully saturated rings. The molecule has 1 aromatic rings. The van der Waals surface area contributed by atoms with Gasteiger partial charge in [-0.25, -0.2) is 0 Å². The van der Waals surface area contributed by atoms with Gasteiger partial charge in [-0.15, -0.1) is 12.4 Å². The molecule has 5 heteroatoms. The minimum absolute atomic E-state index is 0.